The average Bonchev–Trinajstić information content (AvgIpc) is 3.16. The van der Waals surface area contributed by atoms with Crippen molar-refractivity contribution in [3.8, 4) is 23.0 Å². The van der Waals surface area contributed by atoms with Crippen molar-refractivity contribution >= 4 is 28.7 Å². The number of halogens is 1. The fourth-order valence-electron chi connectivity index (χ4n) is 2.92. The molecule has 0 spiro atoms. The summed E-state index contributed by atoms with van der Waals surface area (Å²) >= 11 is 5.91. The number of aliphatic carboxylic acids is 1. The SMILES string of the molecule is COc1ccc(OC(C(=O)O)c2ccc(Cl)cc2)c(-c2nc3ccccc3o2)c1. The minimum absolute atomic E-state index is 0.305. The smallest absolute Gasteiger partial charge is 0.349 e. The summed E-state index contributed by atoms with van der Waals surface area (Å²) in [6, 6.07) is 18.8. The van der Waals surface area contributed by atoms with E-state index < -0.39 is 12.1 Å². The number of rotatable bonds is 6. The molecule has 0 aliphatic rings. The van der Waals surface area contributed by atoms with Gasteiger partial charge in [-0.15, -0.1) is 0 Å². The van der Waals surface area contributed by atoms with Gasteiger partial charge < -0.3 is 19.0 Å². The molecule has 1 heterocycles. The van der Waals surface area contributed by atoms with Gasteiger partial charge in [0.1, 0.15) is 17.0 Å². The number of oxazole rings is 1. The van der Waals surface area contributed by atoms with Crippen molar-refractivity contribution in [1.82, 2.24) is 4.98 Å². The van der Waals surface area contributed by atoms with Crippen LogP contribution in [-0.4, -0.2) is 23.2 Å². The normalized spacial score (nSPS) is 11.9. The maximum atomic E-state index is 11.9. The Labute approximate surface area is 171 Å². The van der Waals surface area contributed by atoms with E-state index in [4.69, 9.17) is 25.5 Å². The Kier molecular flexibility index (Phi) is 5.10. The molecule has 0 bridgehead atoms. The minimum Gasteiger partial charge on any atom is -0.497 e. The number of fused-ring (bicyclic) bond motifs is 1. The van der Waals surface area contributed by atoms with Gasteiger partial charge in [0.2, 0.25) is 12.0 Å². The van der Waals surface area contributed by atoms with Crippen LogP contribution >= 0.6 is 11.6 Å². The van der Waals surface area contributed by atoms with Gasteiger partial charge in [0.05, 0.1) is 12.7 Å². The first-order valence-electron chi connectivity index (χ1n) is 8.74. The van der Waals surface area contributed by atoms with E-state index in [1.165, 1.54) is 0 Å². The molecule has 0 aliphatic heterocycles. The summed E-state index contributed by atoms with van der Waals surface area (Å²) in [5, 5.41) is 10.2. The third-order valence-corrected chi connectivity index (χ3v) is 4.60. The van der Waals surface area contributed by atoms with Crippen LogP contribution in [0.4, 0.5) is 0 Å². The number of carbonyl (C=O) groups is 1. The first-order valence-corrected chi connectivity index (χ1v) is 9.12. The third kappa shape index (κ3) is 3.88. The van der Waals surface area contributed by atoms with Crippen LogP contribution in [0.1, 0.15) is 11.7 Å². The highest BCUT2D eigenvalue weighted by molar-refractivity contribution is 6.30. The Morgan fingerprint density at radius 2 is 1.86 bits per heavy atom. The lowest BCUT2D eigenvalue weighted by Gasteiger charge is -2.18. The standard InChI is InChI=1S/C22H16ClNO5/c1-27-15-10-11-18(28-20(22(25)26)13-6-8-14(23)9-7-13)16(12-15)21-24-17-4-2-3-5-19(17)29-21/h2-12,20H,1H3,(H,25,26). The predicted octanol–water partition coefficient (Wildman–Crippen LogP) is 5.36. The van der Waals surface area contributed by atoms with E-state index in [0.29, 0.717) is 44.6 Å². The molecule has 0 aliphatic carbocycles. The van der Waals surface area contributed by atoms with Crippen LogP contribution in [0.3, 0.4) is 0 Å². The van der Waals surface area contributed by atoms with Gasteiger partial charge in [0, 0.05) is 10.6 Å². The molecule has 0 radical (unpaired) electrons. The number of carboxylic acids is 1. The Bertz CT molecular complexity index is 1140. The summed E-state index contributed by atoms with van der Waals surface area (Å²) < 4.78 is 17.0. The molecular weight excluding hydrogens is 394 g/mol. The topological polar surface area (TPSA) is 81.8 Å². The second-order valence-electron chi connectivity index (χ2n) is 6.24. The Morgan fingerprint density at radius 3 is 2.55 bits per heavy atom. The summed E-state index contributed by atoms with van der Waals surface area (Å²) in [4.78, 5) is 16.4. The fraction of sp³-hybridized carbons (Fsp3) is 0.0909. The van der Waals surface area contributed by atoms with Gasteiger partial charge in [-0.05, 0) is 42.5 Å². The molecule has 1 unspecified atom stereocenters. The monoisotopic (exact) mass is 409 g/mol. The van der Waals surface area contributed by atoms with Crippen molar-refractivity contribution in [3.63, 3.8) is 0 Å². The number of hydrogen-bond acceptors (Lipinski definition) is 5. The van der Waals surface area contributed by atoms with Crippen LogP contribution < -0.4 is 9.47 Å². The minimum atomic E-state index is -1.23. The summed E-state index contributed by atoms with van der Waals surface area (Å²) in [5.74, 6) is 0.0414. The predicted molar refractivity (Wildman–Crippen MR) is 108 cm³/mol. The zero-order valence-corrected chi connectivity index (χ0v) is 16.1. The summed E-state index contributed by atoms with van der Waals surface area (Å²) in [5.41, 5.74) is 2.24. The molecule has 6 nitrogen and oxygen atoms in total. The molecule has 0 fully saturated rings. The molecule has 7 heteroatoms. The van der Waals surface area contributed by atoms with Crippen LogP contribution in [0.5, 0.6) is 11.5 Å². The number of aromatic nitrogens is 1. The van der Waals surface area contributed by atoms with Crippen molar-refractivity contribution < 1.29 is 23.8 Å². The van der Waals surface area contributed by atoms with Gasteiger partial charge in [-0.3, -0.25) is 0 Å². The first kappa shape index (κ1) is 18.8. The second kappa shape index (κ2) is 7.85. The molecule has 3 aromatic carbocycles. The number of para-hydroxylation sites is 2. The zero-order valence-electron chi connectivity index (χ0n) is 15.3. The van der Waals surface area contributed by atoms with E-state index in [9.17, 15) is 9.90 Å². The summed E-state index contributed by atoms with van der Waals surface area (Å²) in [6.45, 7) is 0. The van der Waals surface area contributed by atoms with E-state index in [1.54, 1.807) is 55.6 Å². The zero-order chi connectivity index (χ0) is 20.4. The molecular formula is C22H16ClNO5. The van der Waals surface area contributed by atoms with E-state index in [2.05, 4.69) is 4.98 Å². The van der Waals surface area contributed by atoms with Crippen LogP contribution in [-0.2, 0) is 4.79 Å². The second-order valence-corrected chi connectivity index (χ2v) is 6.67. The molecule has 0 amide bonds. The van der Waals surface area contributed by atoms with E-state index in [-0.39, 0.29) is 0 Å². The van der Waals surface area contributed by atoms with Gasteiger partial charge in [-0.25, -0.2) is 9.78 Å². The van der Waals surface area contributed by atoms with Gasteiger partial charge in [0.25, 0.3) is 0 Å². The lowest BCUT2D eigenvalue weighted by Crippen LogP contribution is -2.18. The maximum Gasteiger partial charge on any atom is 0.349 e. The number of benzene rings is 3. The van der Waals surface area contributed by atoms with E-state index >= 15 is 0 Å². The van der Waals surface area contributed by atoms with Crippen LogP contribution in [0.15, 0.2) is 71.1 Å². The van der Waals surface area contributed by atoms with Gasteiger partial charge in [-0.2, -0.15) is 0 Å². The molecule has 0 saturated carbocycles. The quantitative estimate of drug-likeness (QED) is 0.461. The van der Waals surface area contributed by atoms with Crippen molar-refractivity contribution in [2.75, 3.05) is 7.11 Å². The fourth-order valence-corrected chi connectivity index (χ4v) is 3.04. The highest BCUT2D eigenvalue weighted by atomic mass is 35.5. The van der Waals surface area contributed by atoms with Gasteiger partial charge in [-0.1, -0.05) is 35.9 Å². The summed E-state index contributed by atoms with van der Waals surface area (Å²) in [7, 11) is 1.54. The maximum absolute atomic E-state index is 11.9. The number of nitrogens with zero attached hydrogens (tertiary/aromatic N) is 1. The van der Waals surface area contributed by atoms with Crippen molar-refractivity contribution in [2.45, 2.75) is 6.10 Å². The number of ether oxygens (including phenoxy) is 2. The lowest BCUT2D eigenvalue weighted by molar-refractivity contribution is -0.145. The number of hydrogen-bond donors (Lipinski definition) is 1. The van der Waals surface area contributed by atoms with Crippen LogP contribution in [0.25, 0.3) is 22.6 Å². The van der Waals surface area contributed by atoms with E-state index in [1.807, 2.05) is 18.2 Å². The molecule has 29 heavy (non-hydrogen) atoms. The number of carboxylic acid groups (broad SMARTS) is 1. The Morgan fingerprint density at radius 1 is 1.10 bits per heavy atom. The Balaban J connectivity index is 1.78. The van der Waals surface area contributed by atoms with Crippen LogP contribution in [0, 0.1) is 0 Å². The van der Waals surface area contributed by atoms with Crippen molar-refractivity contribution in [1.29, 1.82) is 0 Å². The Hall–Kier alpha value is -3.51. The lowest BCUT2D eigenvalue weighted by atomic mass is 10.1. The van der Waals surface area contributed by atoms with Gasteiger partial charge in [0.15, 0.2) is 5.58 Å². The largest absolute Gasteiger partial charge is 0.497 e. The van der Waals surface area contributed by atoms with Crippen molar-refractivity contribution in [2.24, 2.45) is 0 Å². The molecule has 1 aromatic heterocycles. The molecule has 1 atom stereocenters. The molecule has 0 saturated heterocycles. The van der Waals surface area contributed by atoms with Crippen molar-refractivity contribution in [3.05, 3.63) is 77.3 Å². The highest BCUT2D eigenvalue weighted by Crippen LogP contribution is 2.37. The first-order chi connectivity index (χ1) is 14.0. The van der Waals surface area contributed by atoms with Gasteiger partial charge >= 0.3 is 5.97 Å². The summed E-state index contributed by atoms with van der Waals surface area (Å²) in [6.07, 6.45) is -1.23. The molecule has 146 valence electrons. The average molecular weight is 410 g/mol. The molecule has 4 aromatic rings. The van der Waals surface area contributed by atoms with E-state index in [0.717, 1.165) is 0 Å². The molecule has 4 rings (SSSR count). The highest BCUT2D eigenvalue weighted by Gasteiger charge is 2.25. The third-order valence-electron chi connectivity index (χ3n) is 4.35. The van der Waals surface area contributed by atoms with Crippen LogP contribution in [0.2, 0.25) is 5.02 Å². The number of methoxy groups -OCH3 is 1. The molecule has 1 N–H and O–H groups in total.